The van der Waals surface area contributed by atoms with Crippen molar-refractivity contribution in [2.45, 2.75) is 13.3 Å². The lowest BCUT2D eigenvalue weighted by molar-refractivity contribution is -0.151. The molecule has 0 heterocycles. The summed E-state index contributed by atoms with van der Waals surface area (Å²) in [6, 6.07) is 0. The number of allylic oxidation sites excluding steroid dienone is 1. The van der Waals surface area contributed by atoms with Gasteiger partial charge in [0.15, 0.2) is 0 Å². The van der Waals surface area contributed by atoms with Gasteiger partial charge in [0, 0.05) is 5.92 Å². The molecule has 1 aliphatic rings. The summed E-state index contributed by atoms with van der Waals surface area (Å²) in [5.41, 5.74) is -0.892. The van der Waals surface area contributed by atoms with Crippen LogP contribution in [-0.4, -0.2) is 18.9 Å². The van der Waals surface area contributed by atoms with Gasteiger partial charge in [0.05, 0.1) is 7.11 Å². The lowest BCUT2D eigenvalue weighted by atomic mass is 9.99. The maximum Gasteiger partial charge on any atom is 0.319 e. The smallest absolute Gasteiger partial charge is 0.319 e. The van der Waals surface area contributed by atoms with E-state index in [1.807, 2.05) is 0 Å². The SMILES string of the molecule is C=CC1CC1(C(C)=O)C(=O)OC. The first-order chi connectivity index (χ1) is 5.59. The van der Waals surface area contributed by atoms with Gasteiger partial charge in [-0.25, -0.2) is 0 Å². The van der Waals surface area contributed by atoms with Crippen LogP contribution in [0.4, 0.5) is 0 Å². The Morgan fingerprint density at radius 3 is 2.50 bits per heavy atom. The number of esters is 1. The van der Waals surface area contributed by atoms with Crippen LogP contribution in [0.25, 0.3) is 0 Å². The monoisotopic (exact) mass is 168 g/mol. The second kappa shape index (κ2) is 2.73. The van der Waals surface area contributed by atoms with Gasteiger partial charge in [-0.05, 0) is 13.3 Å². The average molecular weight is 168 g/mol. The molecule has 0 aliphatic heterocycles. The number of carbonyl (C=O) groups is 2. The number of Topliss-reactive ketones (excluding diaryl/α,β-unsaturated/α-hetero) is 1. The van der Waals surface area contributed by atoms with Crippen LogP contribution in [0.15, 0.2) is 12.7 Å². The molecule has 3 nitrogen and oxygen atoms in total. The average Bonchev–Trinajstić information content (AvgIpc) is 2.78. The van der Waals surface area contributed by atoms with E-state index in [2.05, 4.69) is 11.3 Å². The van der Waals surface area contributed by atoms with Crippen LogP contribution in [-0.2, 0) is 14.3 Å². The Morgan fingerprint density at radius 2 is 2.25 bits per heavy atom. The Bertz CT molecular complexity index is 244. The van der Waals surface area contributed by atoms with E-state index in [0.29, 0.717) is 6.42 Å². The number of methoxy groups -OCH3 is 1. The van der Waals surface area contributed by atoms with E-state index in [4.69, 9.17) is 0 Å². The number of ketones is 1. The van der Waals surface area contributed by atoms with Gasteiger partial charge < -0.3 is 4.74 Å². The highest BCUT2D eigenvalue weighted by molar-refractivity contribution is 6.06. The number of ether oxygens (including phenoxy) is 1. The fraction of sp³-hybridized carbons (Fsp3) is 0.556. The molecule has 1 fully saturated rings. The Labute approximate surface area is 71.4 Å². The van der Waals surface area contributed by atoms with E-state index in [1.165, 1.54) is 14.0 Å². The minimum Gasteiger partial charge on any atom is -0.468 e. The van der Waals surface area contributed by atoms with Crippen molar-refractivity contribution in [2.24, 2.45) is 11.3 Å². The van der Waals surface area contributed by atoms with Crippen molar-refractivity contribution >= 4 is 11.8 Å². The summed E-state index contributed by atoms with van der Waals surface area (Å²) < 4.78 is 4.56. The summed E-state index contributed by atoms with van der Waals surface area (Å²) >= 11 is 0. The predicted octanol–water partition coefficient (Wildman–Crippen LogP) is 0.941. The molecule has 0 spiro atoms. The van der Waals surface area contributed by atoms with Crippen LogP contribution in [0.1, 0.15) is 13.3 Å². The molecule has 66 valence electrons. The Hall–Kier alpha value is -1.12. The van der Waals surface area contributed by atoms with Crippen molar-refractivity contribution in [3.05, 3.63) is 12.7 Å². The van der Waals surface area contributed by atoms with Gasteiger partial charge in [-0.15, -0.1) is 6.58 Å². The molecule has 0 saturated heterocycles. The molecule has 1 rings (SSSR count). The minimum absolute atomic E-state index is 0.0255. The predicted molar refractivity (Wildman–Crippen MR) is 43.4 cm³/mol. The van der Waals surface area contributed by atoms with Crippen molar-refractivity contribution < 1.29 is 14.3 Å². The molecule has 0 bridgehead atoms. The molecule has 0 aromatic rings. The van der Waals surface area contributed by atoms with Gasteiger partial charge in [-0.1, -0.05) is 6.08 Å². The van der Waals surface area contributed by atoms with Crippen molar-refractivity contribution in [2.75, 3.05) is 7.11 Å². The first-order valence-electron chi connectivity index (χ1n) is 3.81. The molecule has 3 heteroatoms. The number of hydrogen-bond acceptors (Lipinski definition) is 3. The Balaban J connectivity index is 2.85. The van der Waals surface area contributed by atoms with Crippen molar-refractivity contribution in [1.82, 2.24) is 0 Å². The van der Waals surface area contributed by atoms with Gasteiger partial charge in [0.2, 0.25) is 0 Å². The topological polar surface area (TPSA) is 43.4 Å². The molecule has 12 heavy (non-hydrogen) atoms. The van der Waals surface area contributed by atoms with Gasteiger partial charge in [0.1, 0.15) is 11.2 Å². The summed E-state index contributed by atoms with van der Waals surface area (Å²) in [4.78, 5) is 22.4. The van der Waals surface area contributed by atoms with Gasteiger partial charge in [0.25, 0.3) is 0 Å². The molecule has 1 aliphatic carbocycles. The fourth-order valence-electron chi connectivity index (χ4n) is 1.54. The maximum atomic E-state index is 11.2. The second-order valence-corrected chi connectivity index (χ2v) is 3.07. The normalized spacial score (nSPS) is 32.3. The highest BCUT2D eigenvalue weighted by atomic mass is 16.5. The Morgan fingerprint density at radius 1 is 1.67 bits per heavy atom. The molecule has 0 radical (unpaired) electrons. The summed E-state index contributed by atoms with van der Waals surface area (Å²) in [5, 5.41) is 0. The van der Waals surface area contributed by atoms with E-state index in [0.717, 1.165) is 0 Å². The second-order valence-electron chi connectivity index (χ2n) is 3.07. The molecule has 0 N–H and O–H groups in total. The van der Waals surface area contributed by atoms with Crippen LogP contribution < -0.4 is 0 Å². The lowest BCUT2D eigenvalue weighted by Crippen LogP contribution is -2.26. The van der Waals surface area contributed by atoms with Crippen LogP contribution >= 0.6 is 0 Å². The minimum atomic E-state index is -0.892. The van der Waals surface area contributed by atoms with Crippen molar-refractivity contribution in [3.63, 3.8) is 0 Å². The molecule has 2 unspecified atom stereocenters. The number of hydrogen-bond donors (Lipinski definition) is 0. The highest BCUT2D eigenvalue weighted by Gasteiger charge is 2.63. The summed E-state index contributed by atoms with van der Waals surface area (Å²) in [5.74, 6) is -0.582. The standard InChI is InChI=1S/C9H12O3/c1-4-7-5-9(7,6(2)10)8(11)12-3/h4,7H,1,5H2,2-3H3. The van der Waals surface area contributed by atoms with E-state index >= 15 is 0 Å². The van der Waals surface area contributed by atoms with Crippen molar-refractivity contribution in [3.8, 4) is 0 Å². The quantitative estimate of drug-likeness (QED) is 0.358. The number of rotatable bonds is 3. The zero-order chi connectivity index (χ0) is 9.35. The summed E-state index contributed by atoms with van der Waals surface area (Å²) in [6.45, 7) is 4.97. The molecule has 0 aromatic carbocycles. The molecule has 1 saturated carbocycles. The maximum absolute atomic E-state index is 11.2. The van der Waals surface area contributed by atoms with E-state index in [9.17, 15) is 9.59 Å². The van der Waals surface area contributed by atoms with Crippen LogP contribution in [0, 0.1) is 11.3 Å². The molecule has 0 amide bonds. The third kappa shape index (κ3) is 0.967. The zero-order valence-corrected chi connectivity index (χ0v) is 7.29. The van der Waals surface area contributed by atoms with E-state index in [1.54, 1.807) is 6.08 Å². The molecular weight excluding hydrogens is 156 g/mol. The van der Waals surface area contributed by atoms with Gasteiger partial charge in [-0.3, -0.25) is 9.59 Å². The zero-order valence-electron chi connectivity index (χ0n) is 7.29. The summed E-state index contributed by atoms with van der Waals surface area (Å²) in [6.07, 6.45) is 2.19. The first kappa shape index (κ1) is 8.97. The lowest BCUT2D eigenvalue weighted by Gasteiger charge is -2.08. The molecule has 0 aromatic heterocycles. The number of carbonyl (C=O) groups excluding carboxylic acids is 2. The largest absolute Gasteiger partial charge is 0.468 e. The molecule has 2 atom stereocenters. The summed E-state index contributed by atoms with van der Waals surface area (Å²) in [7, 11) is 1.30. The van der Waals surface area contributed by atoms with E-state index < -0.39 is 11.4 Å². The van der Waals surface area contributed by atoms with Crippen LogP contribution in [0.3, 0.4) is 0 Å². The highest BCUT2D eigenvalue weighted by Crippen LogP contribution is 2.54. The first-order valence-corrected chi connectivity index (χ1v) is 3.81. The van der Waals surface area contributed by atoms with Crippen molar-refractivity contribution in [1.29, 1.82) is 0 Å². The van der Waals surface area contributed by atoms with Crippen LogP contribution in [0.5, 0.6) is 0 Å². The van der Waals surface area contributed by atoms with Gasteiger partial charge >= 0.3 is 5.97 Å². The van der Waals surface area contributed by atoms with E-state index in [-0.39, 0.29) is 11.7 Å². The fourth-order valence-corrected chi connectivity index (χ4v) is 1.54. The third-order valence-corrected chi connectivity index (χ3v) is 2.48. The van der Waals surface area contributed by atoms with Gasteiger partial charge in [-0.2, -0.15) is 0 Å². The third-order valence-electron chi connectivity index (χ3n) is 2.48. The van der Waals surface area contributed by atoms with Crippen LogP contribution in [0.2, 0.25) is 0 Å². The Kier molecular flexibility index (Phi) is 2.04. The molecular formula is C9H12O3.